The van der Waals surface area contributed by atoms with E-state index in [1.165, 1.54) is 0 Å². The Morgan fingerprint density at radius 3 is 1.52 bits per heavy atom. The van der Waals surface area contributed by atoms with Crippen LogP contribution in [0.25, 0.3) is 22.1 Å². The monoisotopic (exact) mass is 674 g/mol. The number of H-pyrrole nitrogens is 2. The second-order valence-corrected chi connectivity index (χ2v) is 14.1. The molecule has 8 rings (SSSR count). The van der Waals surface area contributed by atoms with Gasteiger partial charge in [-0.3, -0.25) is 19.2 Å². The van der Waals surface area contributed by atoms with E-state index in [9.17, 15) is 19.2 Å². The minimum Gasteiger partial charge on any atom is -0.340 e. The number of hydrogen-bond donors (Lipinski definition) is 2. The van der Waals surface area contributed by atoms with Crippen molar-refractivity contribution in [3.63, 3.8) is 0 Å². The highest BCUT2D eigenvalue weighted by atomic mass is 16.2. The molecule has 0 aliphatic carbocycles. The number of aromatic amines is 2. The lowest BCUT2D eigenvalue weighted by Gasteiger charge is -2.30. The fraction of sp³-hybridized carbons (Fsp3) is 0.474. The van der Waals surface area contributed by atoms with Gasteiger partial charge in [-0.2, -0.15) is 0 Å². The summed E-state index contributed by atoms with van der Waals surface area (Å²) in [5.41, 5.74) is 5.01. The van der Waals surface area contributed by atoms with Gasteiger partial charge in [0.25, 0.3) is 0 Å². The van der Waals surface area contributed by atoms with Crippen LogP contribution < -0.4 is 0 Å². The third kappa shape index (κ3) is 5.78. The van der Waals surface area contributed by atoms with E-state index in [1.807, 2.05) is 60.0 Å². The Morgan fingerprint density at radius 1 is 0.680 bits per heavy atom. The molecule has 4 saturated heterocycles. The molecule has 0 unspecified atom stereocenters. The van der Waals surface area contributed by atoms with Gasteiger partial charge in [-0.1, -0.05) is 11.8 Å². The number of nitrogens with zero attached hydrogens (tertiary/aromatic N) is 6. The predicted molar refractivity (Wildman–Crippen MR) is 186 cm³/mol. The van der Waals surface area contributed by atoms with E-state index in [0.717, 1.165) is 83.4 Å². The highest BCUT2D eigenvalue weighted by molar-refractivity contribution is 5.90. The van der Waals surface area contributed by atoms with Crippen LogP contribution in [-0.4, -0.2) is 101 Å². The van der Waals surface area contributed by atoms with Crippen molar-refractivity contribution in [1.29, 1.82) is 0 Å². The van der Waals surface area contributed by atoms with Gasteiger partial charge in [0.15, 0.2) is 0 Å². The van der Waals surface area contributed by atoms with Gasteiger partial charge in [0, 0.05) is 50.1 Å². The van der Waals surface area contributed by atoms with E-state index in [2.05, 4.69) is 21.8 Å². The second kappa shape index (κ2) is 12.9. The molecule has 0 bridgehead atoms. The van der Waals surface area contributed by atoms with Crippen molar-refractivity contribution in [2.24, 2.45) is 0 Å². The lowest BCUT2D eigenvalue weighted by molar-refractivity contribution is -0.143. The number of imidazole rings is 2. The molecule has 4 fully saturated rings. The Balaban J connectivity index is 0.971. The molecule has 4 atom stereocenters. The summed E-state index contributed by atoms with van der Waals surface area (Å²) in [6.45, 7) is 6.26. The molecule has 4 aliphatic rings. The second-order valence-electron chi connectivity index (χ2n) is 14.1. The lowest BCUT2D eigenvalue weighted by atomic mass is 10.1. The van der Waals surface area contributed by atoms with Gasteiger partial charge in [-0.15, -0.1) is 0 Å². The summed E-state index contributed by atoms with van der Waals surface area (Å²) in [6, 6.07) is 10.6. The molecule has 0 spiro atoms. The number of aromatic nitrogens is 4. The van der Waals surface area contributed by atoms with Crippen LogP contribution in [0.3, 0.4) is 0 Å². The molecule has 2 N–H and O–H groups in total. The quantitative estimate of drug-likeness (QED) is 0.294. The Kier molecular flexibility index (Phi) is 8.29. The molecular weight excluding hydrogens is 632 g/mol. The van der Waals surface area contributed by atoms with Crippen LogP contribution in [0.4, 0.5) is 0 Å². The van der Waals surface area contributed by atoms with Crippen molar-refractivity contribution in [3.05, 3.63) is 59.2 Å². The minimum atomic E-state index is -0.466. The van der Waals surface area contributed by atoms with Gasteiger partial charge in [-0.05, 0) is 88.8 Å². The van der Waals surface area contributed by atoms with Gasteiger partial charge in [0.2, 0.25) is 23.6 Å². The van der Waals surface area contributed by atoms with Gasteiger partial charge in [-0.25, -0.2) is 9.97 Å². The van der Waals surface area contributed by atoms with E-state index in [4.69, 9.17) is 9.97 Å². The van der Waals surface area contributed by atoms with Crippen molar-refractivity contribution in [2.45, 2.75) is 89.4 Å². The number of likely N-dealkylation sites (tertiary alicyclic amines) is 4. The van der Waals surface area contributed by atoms with Crippen molar-refractivity contribution in [2.75, 3.05) is 26.2 Å². The van der Waals surface area contributed by atoms with E-state index >= 15 is 0 Å². The molecule has 2 aromatic carbocycles. The number of rotatable bonds is 6. The van der Waals surface area contributed by atoms with Crippen LogP contribution in [0.2, 0.25) is 0 Å². The fourth-order valence-corrected chi connectivity index (χ4v) is 8.20. The van der Waals surface area contributed by atoms with Crippen molar-refractivity contribution in [1.82, 2.24) is 39.5 Å². The summed E-state index contributed by atoms with van der Waals surface area (Å²) < 4.78 is 0. The number of carbonyl (C=O) groups is 4. The lowest BCUT2D eigenvalue weighted by Crippen LogP contribution is -2.47. The molecule has 12 heteroatoms. The molecule has 4 aliphatic heterocycles. The summed E-state index contributed by atoms with van der Waals surface area (Å²) in [5.74, 6) is 8.14. The molecule has 258 valence electrons. The zero-order valence-electron chi connectivity index (χ0n) is 28.6. The largest absolute Gasteiger partial charge is 0.340 e. The summed E-state index contributed by atoms with van der Waals surface area (Å²) in [6.07, 6.45) is 6.07. The average molecular weight is 675 g/mol. The van der Waals surface area contributed by atoms with Crippen molar-refractivity contribution in [3.8, 4) is 11.8 Å². The maximum atomic E-state index is 13.5. The summed E-state index contributed by atoms with van der Waals surface area (Å²) in [5, 5.41) is 0. The number of carbonyl (C=O) groups excluding carboxylic acids is 4. The van der Waals surface area contributed by atoms with E-state index in [1.54, 1.807) is 9.80 Å². The Labute approximate surface area is 290 Å². The molecule has 2 aromatic heterocycles. The van der Waals surface area contributed by atoms with Gasteiger partial charge in [0.1, 0.15) is 23.7 Å². The molecule has 4 amide bonds. The number of fused-ring (bicyclic) bond motifs is 2. The van der Waals surface area contributed by atoms with Crippen molar-refractivity contribution < 1.29 is 19.2 Å². The smallest absolute Gasteiger partial charge is 0.245 e. The number of nitrogens with one attached hydrogen (secondary N) is 2. The van der Waals surface area contributed by atoms with Crippen LogP contribution in [0, 0.1) is 11.8 Å². The maximum Gasteiger partial charge on any atom is 0.245 e. The molecule has 0 radical (unpaired) electrons. The minimum absolute atomic E-state index is 0.0189. The van der Waals surface area contributed by atoms with E-state index in [0.29, 0.717) is 39.0 Å². The standard InChI is InChI=1S/C38H42N8O4/c1-23(43-17-5-9-33(43)47)37(49)45-19-3-7-31(45)35-39-27-15-13-25(21-29(27)41-35)11-12-26-14-16-28-30(22-26)42-36(40-28)32-8-4-20-46(32)38(50)24(2)44-18-6-10-34(44)48/h13-16,21-24,31-32H,3-10,17-20H2,1-2H3,(H,39,41)(H,40,42)/t23-,24-,31+,32+/m1/s1. The summed E-state index contributed by atoms with van der Waals surface area (Å²) in [7, 11) is 0. The Bertz CT molecular complexity index is 1930. The van der Waals surface area contributed by atoms with Gasteiger partial charge >= 0.3 is 0 Å². The maximum absolute atomic E-state index is 13.5. The predicted octanol–water partition coefficient (Wildman–Crippen LogP) is 4.19. The van der Waals surface area contributed by atoms with E-state index in [-0.39, 0.29) is 35.7 Å². The third-order valence-corrected chi connectivity index (χ3v) is 10.9. The molecular formula is C38H42N8O4. The van der Waals surface area contributed by atoms with E-state index < -0.39 is 12.1 Å². The first-order chi connectivity index (χ1) is 24.2. The number of amides is 4. The van der Waals surface area contributed by atoms with Crippen LogP contribution >= 0.6 is 0 Å². The highest BCUT2D eigenvalue weighted by Gasteiger charge is 2.39. The highest BCUT2D eigenvalue weighted by Crippen LogP contribution is 2.34. The average Bonchev–Trinajstić information content (AvgIpc) is 3.97. The zero-order valence-corrected chi connectivity index (χ0v) is 28.6. The topological polar surface area (TPSA) is 139 Å². The first-order valence-corrected chi connectivity index (χ1v) is 18.0. The normalized spacial score (nSPS) is 22.2. The molecule has 50 heavy (non-hydrogen) atoms. The van der Waals surface area contributed by atoms with Crippen LogP contribution in [0.1, 0.15) is 100 Å². The Hall–Kier alpha value is -5.18. The fourth-order valence-electron chi connectivity index (χ4n) is 8.20. The number of benzene rings is 2. The summed E-state index contributed by atoms with van der Waals surface area (Å²) in [4.78, 5) is 75.3. The van der Waals surface area contributed by atoms with Gasteiger partial charge in [0.05, 0.1) is 34.2 Å². The first-order valence-electron chi connectivity index (χ1n) is 18.0. The zero-order chi connectivity index (χ0) is 34.5. The first kappa shape index (κ1) is 32.0. The SMILES string of the molecule is C[C@H](C(=O)N1CCC[C@H]1c1nc2cc(C#Cc3ccc4[nH]c([C@@H]5CCCN5C(=O)[C@@H](C)N5CCCC5=O)nc4c3)ccc2[nH]1)N1CCCC1=O. The van der Waals surface area contributed by atoms with Crippen molar-refractivity contribution >= 4 is 45.7 Å². The molecule has 4 aromatic rings. The van der Waals surface area contributed by atoms with Gasteiger partial charge < -0.3 is 29.6 Å². The summed E-state index contributed by atoms with van der Waals surface area (Å²) >= 11 is 0. The molecule has 12 nitrogen and oxygen atoms in total. The number of hydrogen-bond acceptors (Lipinski definition) is 6. The van der Waals surface area contributed by atoms with Crippen LogP contribution in [0.15, 0.2) is 36.4 Å². The third-order valence-electron chi connectivity index (χ3n) is 10.9. The molecule has 0 saturated carbocycles. The molecule has 6 heterocycles. The van der Waals surface area contributed by atoms with Crippen LogP contribution in [-0.2, 0) is 19.2 Å². The Morgan fingerprint density at radius 2 is 1.12 bits per heavy atom. The van der Waals surface area contributed by atoms with Crippen LogP contribution in [0.5, 0.6) is 0 Å².